The standard InChI is InChI=1S/C11H12BrNO2S/c1-2-16(14,15)7-10-6-8-5-9(12)3-4-11(8)13-10/h3-6,13H,2,7H2,1H3. The molecular formula is C11H12BrNO2S. The van der Waals surface area contributed by atoms with Crippen molar-refractivity contribution in [3.8, 4) is 0 Å². The lowest BCUT2D eigenvalue weighted by atomic mass is 10.2. The maximum atomic E-state index is 11.5. The average Bonchev–Trinajstić information content (AvgIpc) is 2.58. The lowest BCUT2D eigenvalue weighted by Gasteiger charge is -1.97. The van der Waals surface area contributed by atoms with Crippen molar-refractivity contribution in [3.05, 3.63) is 34.4 Å². The van der Waals surface area contributed by atoms with Crippen LogP contribution in [-0.4, -0.2) is 19.2 Å². The third-order valence-corrected chi connectivity index (χ3v) is 4.58. The highest BCUT2D eigenvalue weighted by molar-refractivity contribution is 9.10. The van der Waals surface area contributed by atoms with Crippen molar-refractivity contribution in [2.45, 2.75) is 12.7 Å². The Hall–Kier alpha value is -0.810. The predicted molar refractivity (Wildman–Crippen MR) is 69.2 cm³/mol. The van der Waals surface area contributed by atoms with E-state index in [9.17, 15) is 8.42 Å². The molecule has 0 bridgehead atoms. The fraction of sp³-hybridized carbons (Fsp3) is 0.273. The molecule has 0 spiro atoms. The highest BCUT2D eigenvalue weighted by Gasteiger charge is 2.11. The second kappa shape index (κ2) is 4.22. The first-order chi connectivity index (χ1) is 7.50. The van der Waals surface area contributed by atoms with Crippen molar-refractivity contribution >= 4 is 36.7 Å². The summed E-state index contributed by atoms with van der Waals surface area (Å²) in [4.78, 5) is 3.11. The first-order valence-electron chi connectivity index (χ1n) is 4.98. The van der Waals surface area contributed by atoms with Crippen LogP contribution in [0.25, 0.3) is 10.9 Å². The largest absolute Gasteiger partial charge is 0.358 e. The summed E-state index contributed by atoms with van der Waals surface area (Å²) in [7, 11) is -2.97. The van der Waals surface area contributed by atoms with E-state index in [4.69, 9.17) is 0 Å². The number of hydrogen-bond acceptors (Lipinski definition) is 2. The quantitative estimate of drug-likeness (QED) is 0.948. The van der Waals surface area contributed by atoms with E-state index in [1.165, 1.54) is 0 Å². The molecule has 0 aliphatic heterocycles. The molecule has 0 saturated carbocycles. The van der Waals surface area contributed by atoms with Gasteiger partial charge in [0.05, 0.1) is 5.75 Å². The summed E-state index contributed by atoms with van der Waals surface area (Å²) < 4.78 is 24.0. The Labute approximate surface area is 103 Å². The first kappa shape index (κ1) is 11.7. The minimum absolute atomic E-state index is 0.0792. The molecule has 0 atom stereocenters. The number of rotatable bonds is 3. The van der Waals surface area contributed by atoms with Gasteiger partial charge in [0.25, 0.3) is 0 Å². The van der Waals surface area contributed by atoms with Crippen LogP contribution >= 0.6 is 15.9 Å². The monoisotopic (exact) mass is 301 g/mol. The lowest BCUT2D eigenvalue weighted by Crippen LogP contribution is -2.06. The second-order valence-electron chi connectivity index (χ2n) is 3.70. The molecule has 16 heavy (non-hydrogen) atoms. The molecule has 0 aliphatic carbocycles. The lowest BCUT2D eigenvalue weighted by molar-refractivity contribution is 0.596. The number of fused-ring (bicyclic) bond motifs is 1. The van der Waals surface area contributed by atoms with Gasteiger partial charge >= 0.3 is 0 Å². The molecule has 86 valence electrons. The highest BCUT2D eigenvalue weighted by atomic mass is 79.9. The zero-order valence-corrected chi connectivity index (χ0v) is 11.2. The molecular weight excluding hydrogens is 290 g/mol. The molecule has 0 saturated heterocycles. The van der Waals surface area contributed by atoms with E-state index < -0.39 is 9.84 Å². The van der Waals surface area contributed by atoms with E-state index in [2.05, 4.69) is 20.9 Å². The fourth-order valence-electron chi connectivity index (χ4n) is 1.58. The summed E-state index contributed by atoms with van der Waals surface area (Å²) in [5, 5.41) is 1.02. The number of aromatic nitrogens is 1. The molecule has 2 aromatic rings. The van der Waals surface area contributed by atoms with Gasteiger partial charge in [0.15, 0.2) is 9.84 Å². The molecule has 0 radical (unpaired) electrons. The molecule has 0 fully saturated rings. The summed E-state index contributed by atoms with van der Waals surface area (Å²) >= 11 is 3.38. The number of hydrogen-bond donors (Lipinski definition) is 1. The van der Waals surface area contributed by atoms with Crippen LogP contribution in [0.4, 0.5) is 0 Å². The van der Waals surface area contributed by atoms with Gasteiger partial charge in [-0.05, 0) is 24.3 Å². The average molecular weight is 302 g/mol. The molecule has 0 unspecified atom stereocenters. The highest BCUT2D eigenvalue weighted by Crippen LogP contribution is 2.21. The van der Waals surface area contributed by atoms with E-state index in [1.807, 2.05) is 24.3 Å². The maximum absolute atomic E-state index is 11.5. The van der Waals surface area contributed by atoms with Crippen molar-refractivity contribution < 1.29 is 8.42 Å². The minimum atomic E-state index is -2.97. The van der Waals surface area contributed by atoms with E-state index in [0.717, 1.165) is 21.1 Å². The number of halogens is 1. The van der Waals surface area contributed by atoms with Crippen LogP contribution in [-0.2, 0) is 15.6 Å². The van der Waals surface area contributed by atoms with Crippen LogP contribution in [0.1, 0.15) is 12.6 Å². The molecule has 1 heterocycles. The van der Waals surface area contributed by atoms with Gasteiger partial charge in [-0.15, -0.1) is 0 Å². The van der Waals surface area contributed by atoms with Gasteiger partial charge in [0.2, 0.25) is 0 Å². The minimum Gasteiger partial charge on any atom is -0.358 e. The summed E-state index contributed by atoms with van der Waals surface area (Å²) in [6.07, 6.45) is 0. The van der Waals surface area contributed by atoms with E-state index in [0.29, 0.717) is 0 Å². The summed E-state index contributed by atoms with van der Waals surface area (Å²) in [5.74, 6) is 0.252. The van der Waals surface area contributed by atoms with Crippen molar-refractivity contribution in [1.82, 2.24) is 4.98 Å². The third-order valence-electron chi connectivity index (χ3n) is 2.45. The van der Waals surface area contributed by atoms with Crippen molar-refractivity contribution in [3.63, 3.8) is 0 Å². The molecule has 5 heteroatoms. The molecule has 2 rings (SSSR count). The zero-order chi connectivity index (χ0) is 11.8. The smallest absolute Gasteiger partial charge is 0.155 e. The van der Waals surface area contributed by atoms with Gasteiger partial charge < -0.3 is 4.98 Å². The van der Waals surface area contributed by atoms with Crippen molar-refractivity contribution in [2.24, 2.45) is 0 Å². The van der Waals surface area contributed by atoms with Gasteiger partial charge in [-0.25, -0.2) is 8.42 Å². The van der Waals surface area contributed by atoms with E-state index >= 15 is 0 Å². The fourth-order valence-corrected chi connectivity index (χ4v) is 2.79. The molecule has 1 N–H and O–H groups in total. The maximum Gasteiger partial charge on any atom is 0.155 e. The summed E-state index contributed by atoms with van der Waals surface area (Å²) in [6.45, 7) is 1.66. The Morgan fingerprint density at radius 3 is 2.75 bits per heavy atom. The zero-order valence-electron chi connectivity index (χ0n) is 8.83. The van der Waals surface area contributed by atoms with E-state index in [-0.39, 0.29) is 11.5 Å². The predicted octanol–water partition coefficient (Wildman–Crippen LogP) is 2.87. The number of sulfone groups is 1. The van der Waals surface area contributed by atoms with Gasteiger partial charge in [0.1, 0.15) is 0 Å². The third kappa shape index (κ3) is 2.47. The molecule has 1 aromatic carbocycles. The second-order valence-corrected chi connectivity index (χ2v) is 6.97. The van der Waals surface area contributed by atoms with E-state index in [1.54, 1.807) is 6.92 Å². The first-order valence-corrected chi connectivity index (χ1v) is 7.59. The number of aromatic amines is 1. The molecule has 3 nitrogen and oxygen atoms in total. The van der Waals surface area contributed by atoms with Gasteiger partial charge in [-0.1, -0.05) is 22.9 Å². The van der Waals surface area contributed by atoms with Gasteiger partial charge in [-0.3, -0.25) is 0 Å². The Balaban J connectivity index is 2.40. The van der Waals surface area contributed by atoms with Crippen molar-refractivity contribution in [2.75, 3.05) is 5.75 Å². The van der Waals surface area contributed by atoms with Crippen LogP contribution in [0, 0.1) is 0 Å². The Morgan fingerprint density at radius 1 is 1.31 bits per heavy atom. The Morgan fingerprint density at radius 2 is 2.06 bits per heavy atom. The Kier molecular flexibility index (Phi) is 3.08. The van der Waals surface area contributed by atoms with Crippen LogP contribution in [0.5, 0.6) is 0 Å². The Bertz CT molecular complexity index is 616. The molecule has 1 aromatic heterocycles. The van der Waals surface area contributed by atoms with Crippen molar-refractivity contribution in [1.29, 1.82) is 0 Å². The van der Waals surface area contributed by atoms with Crippen LogP contribution in [0.15, 0.2) is 28.7 Å². The normalized spacial score (nSPS) is 12.1. The SMILES string of the molecule is CCS(=O)(=O)Cc1cc2cc(Br)ccc2[nH]1. The number of benzene rings is 1. The number of nitrogens with one attached hydrogen (secondary N) is 1. The van der Waals surface area contributed by atoms with Crippen LogP contribution in [0.2, 0.25) is 0 Å². The summed E-state index contributed by atoms with van der Waals surface area (Å²) in [5.41, 5.74) is 1.71. The van der Waals surface area contributed by atoms with Crippen LogP contribution < -0.4 is 0 Å². The molecule has 0 amide bonds. The molecule has 0 aliphatic rings. The summed E-state index contributed by atoms with van der Waals surface area (Å²) in [6, 6.07) is 7.71. The van der Waals surface area contributed by atoms with Gasteiger partial charge in [-0.2, -0.15) is 0 Å². The topological polar surface area (TPSA) is 49.9 Å². The van der Waals surface area contributed by atoms with Gasteiger partial charge in [0, 0.05) is 26.8 Å². The van der Waals surface area contributed by atoms with Crippen LogP contribution in [0.3, 0.4) is 0 Å². The number of H-pyrrole nitrogens is 1.